The third-order valence-electron chi connectivity index (χ3n) is 4.20. The molecule has 1 atom stereocenters. The summed E-state index contributed by atoms with van der Waals surface area (Å²) in [6.45, 7) is 8.43. The van der Waals surface area contributed by atoms with Crippen molar-refractivity contribution in [2.45, 2.75) is 32.6 Å². The normalized spacial score (nSPS) is 21.5. The maximum atomic E-state index is 12.5. The first-order valence-corrected chi connectivity index (χ1v) is 8.51. The average Bonchev–Trinajstić information content (AvgIpc) is 2.76. The number of hydrogen-bond donors (Lipinski definition) is 0. The lowest BCUT2D eigenvalue weighted by molar-refractivity contribution is -0.116. The molecule has 1 aliphatic heterocycles. The van der Waals surface area contributed by atoms with Crippen LogP contribution < -0.4 is 4.90 Å². The minimum atomic E-state index is -0.344. The monoisotopic (exact) mass is 311 g/mol. The van der Waals surface area contributed by atoms with Gasteiger partial charge in [-0.3, -0.25) is 9.69 Å². The molecule has 1 amide bonds. The average molecular weight is 311 g/mol. The van der Waals surface area contributed by atoms with Crippen LogP contribution in [0.2, 0.25) is 0 Å². The number of benzene rings is 2. The molecule has 0 aliphatic carbocycles. The largest absolute Gasteiger partial charge is 0.293 e. The summed E-state index contributed by atoms with van der Waals surface area (Å²) in [4.78, 5) is 14.1. The number of amides is 1. The third-order valence-corrected chi connectivity index (χ3v) is 5.57. The van der Waals surface area contributed by atoms with E-state index in [2.05, 4.69) is 58.0 Å². The predicted molar refractivity (Wildman–Crippen MR) is 94.4 cm³/mol. The Balaban J connectivity index is 2.10. The Morgan fingerprint density at radius 1 is 0.955 bits per heavy atom. The van der Waals surface area contributed by atoms with Gasteiger partial charge in [-0.25, -0.2) is 0 Å². The van der Waals surface area contributed by atoms with E-state index in [1.165, 1.54) is 22.3 Å². The first kappa shape index (κ1) is 15.2. The quantitative estimate of drug-likeness (QED) is 0.810. The molecule has 0 aromatic heterocycles. The van der Waals surface area contributed by atoms with Crippen LogP contribution in [0.15, 0.2) is 42.5 Å². The molecule has 22 heavy (non-hydrogen) atoms. The van der Waals surface area contributed by atoms with Gasteiger partial charge in [0.05, 0.1) is 5.75 Å². The van der Waals surface area contributed by atoms with Gasteiger partial charge in [0.25, 0.3) is 0 Å². The van der Waals surface area contributed by atoms with Gasteiger partial charge in [0, 0.05) is 5.69 Å². The molecular formula is C19H21NOS. The topological polar surface area (TPSA) is 20.3 Å². The zero-order valence-corrected chi connectivity index (χ0v) is 14.3. The van der Waals surface area contributed by atoms with Crippen molar-refractivity contribution in [1.29, 1.82) is 0 Å². The summed E-state index contributed by atoms with van der Waals surface area (Å²) in [5, 5.41) is 0. The van der Waals surface area contributed by atoms with Crippen LogP contribution in [0.25, 0.3) is 0 Å². The molecule has 2 nitrogen and oxygen atoms in total. The van der Waals surface area contributed by atoms with Crippen molar-refractivity contribution in [2.24, 2.45) is 0 Å². The SMILES string of the molecule is Cc1ccc(N2C(=O)CSC2(C)c2cc(C)cc(C)c2)cc1. The summed E-state index contributed by atoms with van der Waals surface area (Å²) in [6.07, 6.45) is 0. The second-order valence-electron chi connectivity index (χ2n) is 6.21. The maximum absolute atomic E-state index is 12.5. The van der Waals surface area contributed by atoms with Crippen molar-refractivity contribution in [2.75, 3.05) is 10.7 Å². The second kappa shape index (κ2) is 5.47. The van der Waals surface area contributed by atoms with E-state index in [0.717, 1.165) is 5.69 Å². The van der Waals surface area contributed by atoms with Gasteiger partial charge in [-0.15, -0.1) is 11.8 Å². The number of hydrogen-bond acceptors (Lipinski definition) is 2. The van der Waals surface area contributed by atoms with Gasteiger partial charge in [0.2, 0.25) is 5.91 Å². The summed E-state index contributed by atoms with van der Waals surface area (Å²) in [5.41, 5.74) is 5.85. The molecule has 0 spiro atoms. The van der Waals surface area contributed by atoms with Gasteiger partial charge >= 0.3 is 0 Å². The van der Waals surface area contributed by atoms with Crippen LogP contribution >= 0.6 is 11.8 Å². The molecule has 1 heterocycles. The Hall–Kier alpha value is -1.74. The van der Waals surface area contributed by atoms with Crippen molar-refractivity contribution in [3.63, 3.8) is 0 Å². The molecule has 1 fully saturated rings. The molecule has 0 bridgehead atoms. The fourth-order valence-corrected chi connectivity index (χ4v) is 4.26. The molecular weight excluding hydrogens is 290 g/mol. The van der Waals surface area contributed by atoms with E-state index in [-0.39, 0.29) is 10.8 Å². The second-order valence-corrected chi connectivity index (χ2v) is 7.58. The lowest BCUT2D eigenvalue weighted by atomic mass is 10.00. The van der Waals surface area contributed by atoms with Crippen molar-refractivity contribution in [1.82, 2.24) is 0 Å². The molecule has 3 heteroatoms. The molecule has 1 saturated heterocycles. The number of carbonyl (C=O) groups excluding carboxylic acids is 1. The van der Waals surface area contributed by atoms with E-state index in [1.54, 1.807) is 11.8 Å². The Morgan fingerprint density at radius 3 is 2.14 bits per heavy atom. The Morgan fingerprint density at radius 2 is 1.55 bits per heavy atom. The zero-order valence-electron chi connectivity index (χ0n) is 13.5. The molecule has 1 aliphatic rings. The molecule has 2 aromatic rings. The van der Waals surface area contributed by atoms with Gasteiger partial charge in [-0.1, -0.05) is 47.0 Å². The van der Waals surface area contributed by atoms with Gasteiger partial charge < -0.3 is 0 Å². The molecule has 3 rings (SSSR count). The van der Waals surface area contributed by atoms with Crippen molar-refractivity contribution in [3.8, 4) is 0 Å². The highest BCUT2D eigenvalue weighted by molar-refractivity contribution is 8.01. The van der Waals surface area contributed by atoms with Crippen LogP contribution in [-0.2, 0) is 9.67 Å². The van der Waals surface area contributed by atoms with Crippen LogP contribution in [-0.4, -0.2) is 11.7 Å². The molecule has 114 valence electrons. The highest BCUT2D eigenvalue weighted by Crippen LogP contribution is 2.47. The highest BCUT2D eigenvalue weighted by Gasteiger charge is 2.44. The standard InChI is InChI=1S/C19H21NOS/c1-13-5-7-17(8-6-13)20-18(21)12-22-19(20,4)16-10-14(2)9-15(3)11-16/h5-11H,12H2,1-4H3. The Kier molecular flexibility index (Phi) is 3.77. The number of carbonyl (C=O) groups is 1. The Labute approximate surface area is 136 Å². The molecule has 1 unspecified atom stereocenters. The molecule has 0 saturated carbocycles. The maximum Gasteiger partial charge on any atom is 0.238 e. The van der Waals surface area contributed by atoms with Crippen LogP contribution in [0.5, 0.6) is 0 Å². The third kappa shape index (κ3) is 2.54. The summed E-state index contributed by atoms with van der Waals surface area (Å²) in [7, 11) is 0. The summed E-state index contributed by atoms with van der Waals surface area (Å²) < 4.78 is 0. The summed E-state index contributed by atoms with van der Waals surface area (Å²) in [5.74, 6) is 0.702. The number of aryl methyl sites for hydroxylation is 3. The molecule has 0 N–H and O–H groups in total. The zero-order chi connectivity index (χ0) is 15.9. The number of thioether (sulfide) groups is 1. The first-order chi connectivity index (χ1) is 10.4. The first-order valence-electron chi connectivity index (χ1n) is 7.52. The van der Waals surface area contributed by atoms with Crippen molar-refractivity contribution in [3.05, 3.63) is 64.7 Å². The van der Waals surface area contributed by atoms with Gasteiger partial charge in [-0.05, 0) is 45.4 Å². The van der Waals surface area contributed by atoms with E-state index < -0.39 is 0 Å². The number of rotatable bonds is 2. The highest BCUT2D eigenvalue weighted by atomic mass is 32.2. The van der Waals surface area contributed by atoms with E-state index in [4.69, 9.17) is 0 Å². The van der Waals surface area contributed by atoms with E-state index >= 15 is 0 Å². The fraction of sp³-hybridized carbons (Fsp3) is 0.316. The predicted octanol–water partition coefficient (Wildman–Crippen LogP) is 4.56. The fourth-order valence-electron chi connectivity index (χ4n) is 3.11. The van der Waals surface area contributed by atoms with Crippen LogP contribution in [0, 0.1) is 20.8 Å². The van der Waals surface area contributed by atoms with E-state index in [9.17, 15) is 4.79 Å². The van der Waals surface area contributed by atoms with Gasteiger partial charge in [0.1, 0.15) is 4.87 Å². The van der Waals surface area contributed by atoms with Gasteiger partial charge in [-0.2, -0.15) is 0 Å². The smallest absolute Gasteiger partial charge is 0.238 e. The van der Waals surface area contributed by atoms with Crippen LogP contribution in [0.1, 0.15) is 29.2 Å². The van der Waals surface area contributed by atoms with Crippen LogP contribution in [0.4, 0.5) is 5.69 Å². The number of anilines is 1. The van der Waals surface area contributed by atoms with Crippen molar-refractivity contribution < 1.29 is 4.79 Å². The van der Waals surface area contributed by atoms with Gasteiger partial charge in [0.15, 0.2) is 0 Å². The van der Waals surface area contributed by atoms with Crippen LogP contribution in [0.3, 0.4) is 0 Å². The lowest BCUT2D eigenvalue weighted by Crippen LogP contribution is -2.40. The molecule has 0 radical (unpaired) electrons. The minimum Gasteiger partial charge on any atom is -0.293 e. The lowest BCUT2D eigenvalue weighted by Gasteiger charge is -2.35. The minimum absolute atomic E-state index is 0.176. The summed E-state index contributed by atoms with van der Waals surface area (Å²) >= 11 is 1.71. The van der Waals surface area contributed by atoms with Crippen molar-refractivity contribution >= 4 is 23.4 Å². The van der Waals surface area contributed by atoms with E-state index in [1.807, 2.05) is 17.0 Å². The van der Waals surface area contributed by atoms with E-state index in [0.29, 0.717) is 5.75 Å². The number of nitrogens with zero attached hydrogens (tertiary/aromatic N) is 1. The molecule has 2 aromatic carbocycles. The Bertz CT molecular complexity index is 702. The summed E-state index contributed by atoms with van der Waals surface area (Å²) in [6, 6.07) is 14.8.